The van der Waals surface area contributed by atoms with Gasteiger partial charge in [0.1, 0.15) is 24.5 Å². The van der Waals surface area contributed by atoms with Crippen LogP contribution in [0.1, 0.15) is 38.9 Å². The van der Waals surface area contributed by atoms with Crippen molar-refractivity contribution < 1.29 is 38.6 Å². The number of aromatic nitrogens is 1. The number of nitrogens with zero attached hydrogens (tertiary/aromatic N) is 1. The normalized spacial score (nSPS) is 20.1. The van der Waals surface area contributed by atoms with Crippen molar-refractivity contribution in [1.82, 2.24) is 9.88 Å². The predicted octanol–water partition coefficient (Wildman–Crippen LogP) is -0.434. The van der Waals surface area contributed by atoms with Crippen molar-refractivity contribution in [2.24, 2.45) is 0 Å². The van der Waals surface area contributed by atoms with E-state index in [9.17, 15) is 19.5 Å². The Bertz CT molecular complexity index is 1210. The Kier molecular flexibility index (Phi) is 7.46. The number of quaternary nitrogens is 1. The number of Topliss-reactive ketones (excluding diaryl/α,β-unsaturated/α-hetero) is 1. The number of ether oxygens (including phenoxy) is 3. The molecule has 36 heavy (non-hydrogen) atoms. The van der Waals surface area contributed by atoms with Crippen LogP contribution in [-0.4, -0.2) is 81.2 Å². The first kappa shape index (κ1) is 25.5. The number of likely N-dealkylation sites (tertiary alicyclic amines) is 1. The average Bonchev–Trinajstić information content (AvgIpc) is 3.33. The number of methoxy groups -OCH3 is 2. The van der Waals surface area contributed by atoms with E-state index >= 15 is 0 Å². The fourth-order valence-corrected chi connectivity index (χ4v) is 5.04. The van der Waals surface area contributed by atoms with E-state index in [0.717, 1.165) is 13.1 Å². The number of H-pyrrole nitrogens is 1. The Morgan fingerprint density at radius 3 is 2.56 bits per heavy atom. The van der Waals surface area contributed by atoms with Crippen molar-refractivity contribution in [2.45, 2.75) is 19.9 Å². The number of benzene rings is 1. The first-order valence-electron chi connectivity index (χ1n) is 11.9. The molecule has 1 unspecified atom stereocenters. The van der Waals surface area contributed by atoms with Crippen LogP contribution in [0.2, 0.25) is 0 Å². The molecule has 1 atom stereocenters. The average molecular weight is 498 g/mol. The van der Waals surface area contributed by atoms with E-state index < -0.39 is 29.5 Å². The predicted molar refractivity (Wildman–Crippen MR) is 127 cm³/mol. The molecule has 0 spiro atoms. The van der Waals surface area contributed by atoms with E-state index in [-0.39, 0.29) is 23.4 Å². The number of aromatic amines is 1. The number of amides is 1. The molecule has 4 rings (SSSR count). The summed E-state index contributed by atoms with van der Waals surface area (Å²) in [5, 5.41) is 13.9. The first-order chi connectivity index (χ1) is 17.3. The number of aryl methyl sites for hydroxylation is 1. The van der Waals surface area contributed by atoms with Gasteiger partial charge in [-0.15, -0.1) is 0 Å². The Labute approximate surface area is 209 Å². The standard InChI is InChI=1S/C26H31N3O7/c1-15-19(16(2)27-21(15)26(33)35-4)23(30)20-22(17-7-5-6-8-18(17)34-3)29(25(32)24(20)31)10-9-28-11-13-36-14-12-28/h5-8,22,27,30H,9-14H2,1-4H3/b23-20+. The zero-order valence-electron chi connectivity index (χ0n) is 20.9. The number of para-hydroxylation sites is 1. The molecule has 2 aliphatic rings. The Balaban J connectivity index is 1.84. The molecule has 192 valence electrons. The van der Waals surface area contributed by atoms with E-state index in [1.165, 1.54) is 24.0 Å². The van der Waals surface area contributed by atoms with Crippen molar-refractivity contribution in [1.29, 1.82) is 0 Å². The number of carbonyl (C=O) groups excluding carboxylic acids is 3. The molecule has 2 saturated heterocycles. The maximum absolute atomic E-state index is 13.9. The number of morpholine rings is 1. The number of hydrogen-bond donors (Lipinski definition) is 2. The highest BCUT2D eigenvalue weighted by Gasteiger charge is 2.45. The van der Waals surface area contributed by atoms with Gasteiger partial charge in [-0.05, 0) is 31.0 Å². The molecule has 2 fully saturated rings. The molecule has 0 saturated carbocycles. The van der Waals surface area contributed by atoms with Crippen LogP contribution in [0.3, 0.4) is 0 Å². The minimum absolute atomic E-state index is 0.136. The van der Waals surface area contributed by atoms with Gasteiger partial charge < -0.3 is 34.1 Å². The molecular formula is C26H31N3O7. The van der Waals surface area contributed by atoms with Crippen LogP contribution in [-0.2, 0) is 19.1 Å². The summed E-state index contributed by atoms with van der Waals surface area (Å²) in [7, 11) is 2.75. The van der Waals surface area contributed by atoms with E-state index in [0.29, 0.717) is 42.3 Å². The maximum atomic E-state index is 13.9. The number of rotatable bonds is 7. The second-order valence-electron chi connectivity index (χ2n) is 8.94. The zero-order chi connectivity index (χ0) is 26.0. The topological polar surface area (TPSA) is 125 Å². The third-order valence-corrected chi connectivity index (χ3v) is 6.92. The molecule has 10 heteroatoms. The third-order valence-electron chi connectivity index (χ3n) is 6.92. The smallest absolute Gasteiger partial charge is 0.354 e. The highest BCUT2D eigenvalue weighted by Crippen LogP contribution is 2.42. The van der Waals surface area contributed by atoms with Crippen LogP contribution in [0.15, 0.2) is 29.8 Å². The van der Waals surface area contributed by atoms with Crippen molar-refractivity contribution >= 4 is 23.4 Å². The van der Waals surface area contributed by atoms with Gasteiger partial charge in [0.05, 0.1) is 46.6 Å². The second-order valence-corrected chi connectivity index (χ2v) is 8.94. The van der Waals surface area contributed by atoms with Gasteiger partial charge in [0.2, 0.25) is 5.78 Å². The van der Waals surface area contributed by atoms with E-state index in [2.05, 4.69) is 4.98 Å². The summed E-state index contributed by atoms with van der Waals surface area (Å²) >= 11 is 0. The van der Waals surface area contributed by atoms with Crippen LogP contribution < -0.4 is 14.7 Å². The zero-order valence-corrected chi connectivity index (χ0v) is 20.9. The Morgan fingerprint density at radius 1 is 1.19 bits per heavy atom. The van der Waals surface area contributed by atoms with Crippen LogP contribution in [0, 0.1) is 13.8 Å². The Morgan fingerprint density at radius 2 is 1.89 bits per heavy atom. The monoisotopic (exact) mass is 497 g/mol. The molecule has 1 amide bonds. The number of nitrogens with one attached hydrogen (secondary N) is 2. The summed E-state index contributed by atoms with van der Waals surface area (Å²) in [5.74, 6) is -2.30. The van der Waals surface area contributed by atoms with Crippen molar-refractivity contribution in [3.8, 4) is 5.75 Å². The van der Waals surface area contributed by atoms with Crippen LogP contribution in [0.25, 0.3) is 5.76 Å². The highest BCUT2D eigenvalue weighted by molar-refractivity contribution is 6.46. The lowest BCUT2D eigenvalue weighted by atomic mass is 9.93. The van der Waals surface area contributed by atoms with E-state index in [4.69, 9.17) is 14.2 Å². The molecule has 1 aromatic carbocycles. The quantitative estimate of drug-likeness (QED) is 0.230. The molecule has 2 aliphatic heterocycles. The first-order valence-corrected chi connectivity index (χ1v) is 11.9. The summed E-state index contributed by atoms with van der Waals surface area (Å²) in [6.07, 6.45) is 0. The lowest BCUT2D eigenvalue weighted by molar-refractivity contribution is -0.907. The lowest BCUT2D eigenvalue weighted by Gasteiger charge is -2.30. The number of ketones is 1. The summed E-state index contributed by atoms with van der Waals surface area (Å²) in [6, 6.07) is 6.14. The SMILES string of the molecule is COC(=O)c1[nH]c(C)c(/C([O-])=C2\C(=O)C(=O)N(CC[NH+]3CCOCC3)C2c2ccccc2OC)c1C. The second kappa shape index (κ2) is 10.5. The summed E-state index contributed by atoms with van der Waals surface area (Å²) < 4.78 is 15.8. The van der Waals surface area contributed by atoms with Crippen molar-refractivity contribution in [3.63, 3.8) is 0 Å². The molecule has 1 aromatic heterocycles. The minimum Gasteiger partial charge on any atom is -0.872 e. The number of hydrogen-bond acceptors (Lipinski definition) is 7. The molecule has 2 aromatic rings. The summed E-state index contributed by atoms with van der Waals surface area (Å²) in [6.45, 7) is 7.06. The van der Waals surface area contributed by atoms with Gasteiger partial charge in [-0.3, -0.25) is 9.59 Å². The van der Waals surface area contributed by atoms with Gasteiger partial charge in [0.25, 0.3) is 5.91 Å². The highest BCUT2D eigenvalue weighted by atomic mass is 16.5. The minimum atomic E-state index is -0.913. The maximum Gasteiger partial charge on any atom is 0.354 e. The fourth-order valence-electron chi connectivity index (χ4n) is 5.04. The van der Waals surface area contributed by atoms with Gasteiger partial charge in [-0.1, -0.05) is 24.0 Å². The fraction of sp³-hybridized carbons (Fsp3) is 0.423. The van der Waals surface area contributed by atoms with E-state index in [1.807, 2.05) is 0 Å². The van der Waals surface area contributed by atoms with Gasteiger partial charge in [0, 0.05) is 16.8 Å². The number of carbonyl (C=O) groups is 3. The summed E-state index contributed by atoms with van der Waals surface area (Å²) in [4.78, 5) is 44.5. The van der Waals surface area contributed by atoms with Gasteiger partial charge in [0.15, 0.2) is 0 Å². The van der Waals surface area contributed by atoms with Crippen molar-refractivity contribution in [2.75, 3.05) is 53.6 Å². The van der Waals surface area contributed by atoms with Gasteiger partial charge >= 0.3 is 5.97 Å². The molecule has 2 N–H and O–H groups in total. The van der Waals surface area contributed by atoms with Crippen molar-refractivity contribution in [3.05, 3.63) is 57.9 Å². The molecule has 3 heterocycles. The van der Waals surface area contributed by atoms with Gasteiger partial charge in [-0.2, -0.15) is 0 Å². The lowest BCUT2D eigenvalue weighted by Crippen LogP contribution is -3.14. The van der Waals surface area contributed by atoms with Gasteiger partial charge in [-0.25, -0.2) is 4.79 Å². The van der Waals surface area contributed by atoms with Crippen LogP contribution in [0.5, 0.6) is 5.75 Å². The third kappa shape index (κ3) is 4.49. The molecule has 0 aliphatic carbocycles. The molecule has 0 radical (unpaired) electrons. The number of esters is 1. The molecule has 10 nitrogen and oxygen atoms in total. The van der Waals surface area contributed by atoms with Crippen LogP contribution >= 0.6 is 0 Å². The largest absolute Gasteiger partial charge is 0.872 e. The van der Waals surface area contributed by atoms with Crippen LogP contribution in [0.4, 0.5) is 0 Å². The molecular weight excluding hydrogens is 466 g/mol. The Hall–Kier alpha value is -3.63. The van der Waals surface area contributed by atoms with E-state index in [1.54, 1.807) is 38.1 Å². The summed E-state index contributed by atoms with van der Waals surface area (Å²) in [5.41, 5.74) is 1.51. The molecule has 0 bridgehead atoms.